The highest BCUT2D eigenvalue weighted by molar-refractivity contribution is 4.81. The van der Waals surface area contributed by atoms with Gasteiger partial charge in [0.25, 0.3) is 0 Å². The minimum absolute atomic E-state index is 0.151. The molecule has 1 rings (SSSR count). The Bertz CT molecular complexity index is 157. The van der Waals surface area contributed by atoms with Crippen LogP contribution in [-0.2, 0) is 4.74 Å². The van der Waals surface area contributed by atoms with E-state index in [1.54, 1.807) is 0 Å². The van der Waals surface area contributed by atoms with Gasteiger partial charge in [0.2, 0.25) is 0 Å². The maximum atomic E-state index is 9.18. The van der Waals surface area contributed by atoms with Crippen LogP contribution in [0.1, 0.15) is 33.1 Å². The van der Waals surface area contributed by atoms with E-state index in [4.69, 9.17) is 10.5 Å². The zero-order chi connectivity index (χ0) is 9.90. The summed E-state index contributed by atoms with van der Waals surface area (Å²) in [6.45, 7) is 4.79. The maximum Gasteiger partial charge on any atom is 0.0586 e. The monoisotopic (exact) mass is 187 g/mol. The highest BCUT2D eigenvalue weighted by atomic mass is 16.5. The maximum absolute atomic E-state index is 9.18. The van der Waals surface area contributed by atoms with Gasteiger partial charge in [-0.1, -0.05) is 6.92 Å². The van der Waals surface area contributed by atoms with Crippen molar-refractivity contribution in [2.45, 2.75) is 45.3 Å². The van der Waals surface area contributed by atoms with Crippen LogP contribution in [0.4, 0.5) is 0 Å². The fourth-order valence-electron chi connectivity index (χ4n) is 1.80. The zero-order valence-electron chi connectivity index (χ0n) is 8.62. The summed E-state index contributed by atoms with van der Waals surface area (Å²) in [7, 11) is 0. The largest absolute Gasteiger partial charge is 0.396 e. The van der Waals surface area contributed by atoms with Crippen LogP contribution in [0.15, 0.2) is 0 Å². The molecule has 0 radical (unpaired) electrons. The van der Waals surface area contributed by atoms with Crippen molar-refractivity contribution in [1.29, 1.82) is 0 Å². The Labute approximate surface area is 80.3 Å². The zero-order valence-corrected chi connectivity index (χ0v) is 8.62. The normalized spacial score (nSPS) is 33.2. The Kier molecular flexibility index (Phi) is 3.71. The van der Waals surface area contributed by atoms with Gasteiger partial charge in [-0.05, 0) is 32.7 Å². The first-order valence-electron chi connectivity index (χ1n) is 5.06. The number of aliphatic hydroxyl groups is 1. The standard InChI is InChI=1S/C10H21NO2/c1-8-3-4-9(13-8)5-10(2,6-11)7-12/h8-9,12H,3-7,11H2,1-2H3. The van der Waals surface area contributed by atoms with Gasteiger partial charge >= 0.3 is 0 Å². The van der Waals surface area contributed by atoms with Crippen molar-refractivity contribution < 1.29 is 9.84 Å². The second kappa shape index (κ2) is 4.40. The minimum atomic E-state index is -0.158. The van der Waals surface area contributed by atoms with Gasteiger partial charge in [0.15, 0.2) is 0 Å². The van der Waals surface area contributed by atoms with Crippen molar-refractivity contribution in [3.8, 4) is 0 Å². The predicted octanol–water partition coefficient (Wildman–Crippen LogP) is 0.901. The molecular weight excluding hydrogens is 166 g/mol. The highest BCUT2D eigenvalue weighted by Gasteiger charge is 2.30. The van der Waals surface area contributed by atoms with Crippen LogP contribution in [0.2, 0.25) is 0 Å². The van der Waals surface area contributed by atoms with Crippen LogP contribution in [0, 0.1) is 5.41 Å². The van der Waals surface area contributed by atoms with Gasteiger partial charge in [0.1, 0.15) is 0 Å². The molecule has 0 aromatic carbocycles. The molecule has 0 aliphatic carbocycles. The van der Waals surface area contributed by atoms with Crippen LogP contribution >= 0.6 is 0 Å². The van der Waals surface area contributed by atoms with Crippen molar-refractivity contribution in [1.82, 2.24) is 0 Å². The van der Waals surface area contributed by atoms with Crippen molar-refractivity contribution in [3.63, 3.8) is 0 Å². The third kappa shape index (κ3) is 2.93. The van der Waals surface area contributed by atoms with E-state index >= 15 is 0 Å². The lowest BCUT2D eigenvalue weighted by Gasteiger charge is -2.28. The summed E-state index contributed by atoms with van der Waals surface area (Å²) in [6.07, 6.45) is 3.80. The number of ether oxygens (including phenoxy) is 1. The minimum Gasteiger partial charge on any atom is -0.396 e. The second-order valence-corrected chi connectivity index (χ2v) is 4.52. The van der Waals surface area contributed by atoms with Gasteiger partial charge in [0, 0.05) is 12.0 Å². The molecule has 1 aliphatic heterocycles. The average molecular weight is 187 g/mol. The quantitative estimate of drug-likeness (QED) is 0.687. The number of aliphatic hydroxyl groups excluding tert-OH is 1. The molecule has 0 spiro atoms. The molecule has 3 nitrogen and oxygen atoms in total. The second-order valence-electron chi connectivity index (χ2n) is 4.52. The van der Waals surface area contributed by atoms with Crippen LogP contribution < -0.4 is 5.73 Å². The smallest absolute Gasteiger partial charge is 0.0586 e. The van der Waals surface area contributed by atoms with E-state index in [0.717, 1.165) is 19.3 Å². The topological polar surface area (TPSA) is 55.5 Å². The van der Waals surface area contributed by atoms with E-state index in [1.165, 1.54) is 0 Å². The fourth-order valence-corrected chi connectivity index (χ4v) is 1.80. The van der Waals surface area contributed by atoms with Gasteiger partial charge in [-0.3, -0.25) is 0 Å². The van der Waals surface area contributed by atoms with Gasteiger partial charge in [-0.25, -0.2) is 0 Å². The number of rotatable bonds is 4. The van der Waals surface area contributed by atoms with Crippen molar-refractivity contribution in [2.24, 2.45) is 11.1 Å². The molecular formula is C10H21NO2. The molecule has 1 saturated heterocycles. The average Bonchev–Trinajstić information content (AvgIpc) is 2.51. The van der Waals surface area contributed by atoms with Crippen molar-refractivity contribution in [2.75, 3.05) is 13.2 Å². The molecule has 0 aromatic rings. The summed E-state index contributed by atoms with van der Waals surface area (Å²) in [5.74, 6) is 0. The Morgan fingerprint density at radius 3 is 2.62 bits per heavy atom. The first-order valence-corrected chi connectivity index (χ1v) is 5.06. The SMILES string of the molecule is CC1CCC(CC(C)(CN)CO)O1. The van der Waals surface area contributed by atoms with Gasteiger partial charge in [-0.15, -0.1) is 0 Å². The molecule has 1 heterocycles. The molecule has 0 saturated carbocycles. The van der Waals surface area contributed by atoms with Crippen LogP contribution in [0.3, 0.4) is 0 Å². The van der Waals surface area contributed by atoms with E-state index < -0.39 is 0 Å². The molecule has 3 atom stereocenters. The van der Waals surface area contributed by atoms with Gasteiger partial charge in [-0.2, -0.15) is 0 Å². The van der Waals surface area contributed by atoms with E-state index in [1.807, 2.05) is 6.92 Å². The predicted molar refractivity (Wildman–Crippen MR) is 52.4 cm³/mol. The molecule has 1 fully saturated rings. The molecule has 13 heavy (non-hydrogen) atoms. The first kappa shape index (κ1) is 11.0. The summed E-state index contributed by atoms with van der Waals surface area (Å²) >= 11 is 0. The third-order valence-electron chi connectivity index (χ3n) is 2.91. The fraction of sp³-hybridized carbons (Fsp3) is 1.00. The lowest BCUT2D eigenvalue weighted by molar-refractivity contribution is 0.0121. The lowest BCUT2D eigenvalue weighted by atomic mass is 9.85. The number of hydrogen-bond acceptors (Lipinski definition) is 3. The van der Waals surface area contributed by atoms with Crippen molar-refractivity contribution in [3.05, 3.63) is 0 Å². The molecule has 0 bridgehead atoms. The Morgan fingerprint density at radius 2 is 2.23 bits per heavy atom. The Morgan fingerprint density at radius 1 is 1.54 bits per heavy atom. The molecule has 3 unspecified atom stereocenters. The summed E-state index contributed by atoms with van der Waals surface area (Å²) in [5, 5.41) is 9.18. The molecule has 3 N–H and O–H groups in total. The summed E-state index contributed by atoms with van der Waals surface area (Å²) < 4.78 is 5.69. The Hall–Kier alpha value is -0.120. The van der Waals surface area contributed by atoms with Crippen LogP contribution in [0.5, 0.6) is 0 Å². The number of nitrogens with two attached hydrogens (primary N) is 1. The van der Waals surface area contributed by atoms with Gasteiger partial charge < -0.3 is 15.6 Å². The summed E-state index contributed by atoms with van der Waals surface area (Å²) in [4.78, 5) is 0. The lowest BCUT2D eigenvalue weighted by Crippen LogP contribution is -2.34. The van der Waals surface area contributed by atoms with E-state index in [0.29, 0.717) is 18.8 Å². The molecule has 0 aromatic heterocycles. The highest BCUT2D eigenvalue weighted by Crippen LogP contribution is 2.30. The van der Waals surface area contributed by atoms with E-state index in [9.17, 15) is 5.11 Å². The molecule has 78 valence electrons. The third-order valence-corrected chi connectivity index (χ3v) is 2.91. The summed E-state index contributed by atoms with van der Waals surface area (Å²) in [6, 6.07) is 0. The van der Waals surface area contributed by atoms with Crippen LogP contribution in [0.25, 0.3) is 0 Å². The van der Waals surface area contributed by atoms with Crippen LogP contribution in [-0.4, -0.2) is 30.5 Å². The molecule has 1 aliphatic rings. The van der Waals surface area contributed by atoms with E-state index in [2.05, 4.69) is 6.92 Å². The van der Waals surface area contributed by atoms with Gasteiger partial charge in [0.05, 0.1) is 12.2 Å². The van der Waals surface area contributed by atoms with E-state index in [-0.39, 0.29) is 12.0 Å². The Balaban J connectivity index is 2.38. The number of hydrogen-bond donors (Lipinski definition) is 2. The molecule has 0 amide bonds. The van der Waals surface area contributed by atoms with Crippen molar-refractivity contribution >= 4 is 0 Å². The molecule has 3 heteroatoms. The first-order chi connectivity index (χ1) is 6.09. The summed E-state index contributed by atoms with van der Waals surface area (Å²) in [5.41, 5.74) is 5.46.